The number of nitrogens with zero attached hydrogens (tertiary/aromatic N) is 2. The number of benzene rings is 1. The molecule has 0 bridgehead atoms. The van der Waals surface area contributed by atoms with Gasteiger partial charge in [0.25, 0.3) is 5.91 Å². The highest BCUT2D eigenvalue weighted by molar-refractivity contribution is 7.11. The minimum absolute atomic E-state index is 0.0581. The molecule has 1 heterocycles. The average Bonchev–Trinajstić information content (AvgIpc) is 3.11. The second-order valence-electron chi connectivity index (χ2n) is 8.66. The summed E-state index contributed by atoms with van der Waals surface area (Å²) in [6.07, 6.45) is 2.39. The lowest BCUT2D eigenvalue weighted by molar-refractivity contribution is -0.385. The number of rotatable bonds is 8. The van der Waals surface area contributed by atoms with Crippen LogP contribution in [0.15, 0.2) is 40.8 Å². The maximum atomic E-state index is 11.9. The van der Waals surface area contributed by atoms with E-state index in [0.29, 0.717) is 0 Å². The van der Waals surface area contributed by atoms with Gasteiger partial charge in [0.1, 0.15) is 0 Å². The number of ether oxygens (including phenoxy) is 1. The molecule has 1 aromatic carbocycles. The Morgan fingerprint density at radius 3 is 2.59 bits per heavy atom. The molecule has 0 radical (unpaired) electrons. The number of nitrogens with one attached hydrogen (secondary N) is 1. The molecular formula is C21H27N3O4S. The van der Waals surface area contributed by atoms with Gasteiger partial charge in [0.05, 0.1) is 11.1 Å². The highest BCUT2D eigenvalue weighted by Gasteiger charge is 2.29. The molecule has 7 nitrogen and oxygen atoms in total. The fourth-order valence-electron chi connectivity index (χ4n) is 3.34. The smallest absolute Gasteiger partial charge is 0.311 e. The molecule has 1 aromatic heterocycles. The second-order valence-corrected chi connectivity index (χ2v) is 9.64. The molecule has 0 saturated heterocycles. The van der Waals surface area contributed by atoms with Crippen molar-refractivity contribution in [2.75, 3.05) is 6.61 Å². The number of carbonyl (C=O) groups excluding carboxylic acids is 1. The Labute approximate surface area is 174 Å². The van der Waals surface area contributed by atoms with Crippen molar-refractivity contribution < 1.29 is 14.5 Å². The number of hydrogen-bond donors (Lipinski definition) is 1. The summed E-state index contributed by atoms with van der Waals surface area (Å²) in [6, 6.07) is 8.65. The van der Waals surface area contributed by atoms with Crippen molar-refractivity contribution >= 4 is 29.1 Å². The van der Waals surface area contributed by atoms with Crippen molar-refractivity contribution in [1.82, 2.24) is 5.43 Å². The summed E-state index contributed by atoms with van der Waals surface area (Å²) in [5.74, 6) is -0.438. The number of hydrazone groups is 1. The van der Waals surface area contributed by atoms with Gasteiger partial charge in [0.15, 0.2) is 12.4 Å². The zero-order chi connectivity index (χ0) is 21.7. The number of amides is 1. The van der Waals surface area contributed by atoms with E-state index in [1.54, 1.807) is 6.07 Å². The number of carbonyl (C=O) groups is 1. The van der Waals surface area contributed by atoms with Crippen LogP contribution in [0.5, 0.6) is 5.75 Å². The molecule has 1 amide bonds. The first-order valence-electron chi connectivity index (χ1n) is 9.25. The SMILES string of the molecule is CC(C)(C)CC(C)(C)c1ccc(OCC(=O)N/N=C/c2cccs2)c([N+](=O)[O-])c1. The van der Waals surface area contributed by atoms with Crippen LogP contribution in [-0.4, -0.2) is 23.7 Å². The first-order valence-corrected chi connectivity index (χ1v) is 10.1. The van der Waals surface area contributed by atoms with Gasteiger partial charge in [-0.2, -0.15) is 5.10 Å². The van der Waals surface area contributed by atoms with Crippen LogP contribution in [0, 0.1) is 15.5 Å². The van der Waals surface area contributed by atoms with Crippen LogP contribution in [0.3, 0.4) is 0 Å². The minimum atomic E-state index is -0.496. The second kappa shape index (κ2) is 9.17. The van der Waals surface area contributed by atoms with Crippen LogP contribution < -0.4 is 10.2 Å². The number of thiophene rings is 1. The van der Waals surface area contributed by atoms with Crippen molar-refractivity contribution in [2.45, 2.75) is 46.5 Å². The molecule has 1 N–H and O–H groups in total. The van der Waals surface area contributed by atoms with Crippen LogP contribution in [-0.2, 0) is 10.2 Å². The quantitative estimate of drug-likeness (QED) is 0.375. The minimum Gasteiger partial charge on any atom is -0.477 e. The normalized spacial score (nSPS) is 12.2. The molecule has 0 fully saturated rings. The lowest BCUT2D eigenvalue weighted by atomic mass is 9.72. The molecule has 2 rings (SSSR count). The van der Waals surface area contributed by atoms with E-state index in [1.165, 1.54) is 23.6 Å². The third-order valence-corrected chi connectivity index (χ3v) is 5.00. The van der Waals surface area contributed by atoms with Crippen molar-refractivity contribution in [3.63, 3.8) is 0 Å². The van der Waals surface area contributed by atoms with Crippen LogP contribution in [0.25, 0.3) is 0 Å². The molecule has 2 aromatic rings. The summed E-state index contributed by atoms with van der Waals surface area (Å²) in [5, 5.41) is 17.3. The Balaban J connectivity index is 2.06. The molecule has 0 atom stereocenters. The molecule has 0 aliphatic carbocycles. The van der Waals surface area contributed by atoms with Gasteiger partial charge in [-0.15, -0.1) is 11.3 Å². The van der Waals surface area contributed by atoms with Crippen LogP contribution >= 0.6 is 11.3 Å². The summed E-state index contributed by atoms with van der Waals surface area (Å²) in [5.41, 5.74) is 2.89. The Hall–Kier alpha value is -2.74. The highest BCUT2D eigenvalue weighted by atomic mass is 32.1. The van der Waals surface area contributed by atoms with E-state index in [9.17, 15) is 14.9 Å². The summed E-state index contributed by atoms with van der Waals surface area (Å²) >= 11 is 1.49. The van der Waals surface area contributed by atoms with E-state index < -0.39 is 10.8 Å². The third-order valence-electron chi connectivity index (χ3n) is 4.19. The fourth-order valence-corrected chi connectivity index (χ4v) is 3.92. The summed E-state index contributed by atoms with van der Waals surface area (Å²) in [6.45, 7) is 10.2. The first kappa shape index (κ1) is 22.5. The molecule has 0 unspecified atom stereocenters. The lowest BCUT2D eigenvalue weighted by Crippen LogP contribution is -2.26. The highest BCUT2D eigenvalue weighted by Crippen LogP contribution is 2.39. The zero-order valence-corrected chi connectivity index (χ0v) is 18.2. The fraction of sp³-hybridized carbons (Fsp3) is 0.429. The van der Waals surface area contributed by atoms with Crippen LogP contribution in [0.4, 0.5) is 5.69 Å². The predicted molar refractivity (Wildman–Crippen MR) is 116 cm³/mol. The Morgan fingerprint density at radius 2 is 2.00 bits per heavy atom. The molecular weight excluding hydrogens is 390 g/mol. The van der Waals surface area contributed by atoms with Crippen molar-refractivity contribution in [2.24, 2.45) is 10.5 Å². The van der Waals surface area contributed by atoms with Gasteiger partial charge >= 0.3 is 5.69 Å². The van der Waals surface area contributed by atoms with Gasteiger partial charge in [0.2, 0.25) is 0 Å². The van der Waals surface area contributed by atoms with E-state index in [2.05, 4.69) is 45.1 Å². The first-order chi connectivity index (χ1) is 13.5. The topological polar surface area (TPSA) is 93.8 Å². The molecule has 8 heteroatoms. The van der Waals surface area contributed by atoms with Crippen molar-refractivity contribution in [3.8, 4) is 5.75 Å². The van der Waals surface area contributed by atoms with E-state index >= 15 is 0 Å². The largest absolute Gasteiger partial charge is 0.477 e. The average molecular weight is 418 g/mol. The summed E-state index contributed by atoms with van der Waals surface area (Å²) < 4.78 is 5.39. The Morgan fingerprint density at radius 1 is 1.28 bits per heavy atom. The Kier molecular flexibility index (Phi) is 7.13. The lowest BCUT2D eigenvalue weighted by Gasteiger charge is -2.33. The third kappa shape index (κ3) is 6.98. The van der Waals surface area contributed by atoms with Gasteiger partial charge in [-0.3, -0.25) is 14.9 Å². The molecule has 0 aliphatic rings. The maximum Gasteiger partial charge on any atom is 0.311 e. The van der Waals surface area contributed by atoms with Gasteiger partial charge in [-0.1, -0.05) is 46.8 Å². The van der Waals surface area contributed by atoms with Crippen molar-refractivity contribution in [3.05, 3.63) is 56.3 Å². The van der Waals surface area contributed by atoms with Gasteiger partial charge < -0.3 is 4.74 Å². The molecule has 29 heavy (non-hydrogen) atoms. The monoisotopic (exact) mass is 417 g/mol. The molecule has 0 aliphatic heterocycles. The van der Waals surface area contributed by atoms with Gasteiger partial charge in [-0.25, -0.2) is 5.43 Å². The number of nitro groups is 1. The number of hydrogen-bond acceptors (Lipinski definition) is 6. The van der Waals surface area contributed by atoms with E-state index in [4.69, 9.17) is 4.74 Å². The van der Waals surface area contributed by atoms with Gasteiger partial charge in [0, 0.05) is 10.9 Å². The van der Waals surface area contributed by atoms with E-state index in [0.717, 1.165) is 16.9 Å². The number of nitro benzene ring substituents is 1. The van der Waals surface area contributed by atoms with E-state index in [-0.39, 0.29) is 28.9 Å². The molecule has 156 valence electrons. The summed E-state index contributed by atoms with van der Waals surface area (Å²) in [7, 11) is 0. The van der Waals surface area contributed by atoms with Crippen LogP contribution in [0.1, 0.15) is 51.5 Å². The molecule has 0 saturated carbocycles. The molecule has 0 spiro atoms. The predicted octanol–water partition coefficient (Wildman–Crippen LogP) is 4.90. The van der Waals surface area contributed by atoms with Crippen molar-refractivity contribution in [1.29, 1.82) is 0 Å². The van der Waals surface area contributed by atoms with E-state index in [1.807, 2.05) is 23.6 Å². The van der Waals surface area contributed by atoms with Crippen LogP contribution in [0.2, 0.25) is 0 Å². The maximum absolute atomic E-state index is 11.9. The standard InChI is InChI=1S/C21H27N3O4S/c1-20(2,3)14-21(4,5)15-8-9-18(17(11-15)24(26)27)28-13-19(25)23-22-12-16-7-6-10-29-16/h6-12H,13-14H2,1-5H3,(H,23,25)/b22-12+. The Bertz CT molecular complexity index is 884. The summed E-state index contributed by atoms with van der Waals surface area (Å²) in [4.78, 5) is 23.8. The van der Waals surface area contributed by atoms with Gasteiger partial charge in [-0.05, 0) is 40.3 Å². The zero-order valence-electron chi connectivity index (χ0n) is 17.4.